The minimum atomic E-state index is -3.33. The van der Waals surface area contributed by atoms with Gasteiger partial charge in [0.1, 0.15) is 0 Å². The Labute approximate surface area is 108 Å². The smallest absolute Gasteiger partial charge is 0.211 e. The van der Waals surface area contributed by atoms with Gasteiger partial charge in [-0.3, -0.25) is 0 Å². The van der Waals surface area contributed by atoms with Crippen LogP contribution in [-0.2, 0) is 10.0 Å². The molecule has 1 aromatic rings. The van der Waals surface area contributed by atoms with Gasteiger partial charge in [-0.05, 0) is 25.0 Å². The standard InChI is InChI=1S/C12H18ClNO2S/c13-10-6-1-2-7-11-14-17(15,16)12-8-4-3-5-9-12/h3-5,8-9,14H,1-2,6-7,10-11H2. The zero-order valence-electron chi connectivity index (χ0n) is 9.73. The second kappa shape index (κ2) is 7.69. The lowest BCUT2D eigenvalue weighted by atomic mass is 10.2. The van der Waals surface area contributed by atoms with Crippen molar-refractivity contribution in [2.24, 2.45) is 0 Å². The van der Waals surface area contributed by atoms with E-state index in [-0.39, 0.29) is 0 Å². The number of rotatable bonds is 8. The van der Waals surface area contributed by atoms with Crippen molar-refractivity contribution in [3.05, 3.63) is 30.3 Å². The summed E-state index contributed by atoms with van der Waals surface area (Å²) in [7, 11) is -3.33. The minimum absolute atomic E-state index is 0.320. The van der Waals surface area contributed by atoms with E-state index in [9.17, 15) is 8.42 Å². The number of hydrogen-bond donors (Lipinski definition) is 1. The molecule has 3 nitrogen and oxygen atoms in total. The molecule has 0 amide bonds. The molecular weight excluding hydrogens is 258 g/mol. The molecule has 0 atom stereocenters. The second-order valence-corrected chi connectivity index (χ2v) is 5.96. The van der Waals surface area contributed by atoms with Crippen LogP contribution in [0.15, 0.2) is 35.2 Å². The van der Waals surface area contributed by atoms with Crippen LogP contribution in [0.5, 0.6) is 0 Å². The quantitative estimate of drug-likeness (QED) is 0.586. The topological polar surface area (TPSA) is 46.2 Å². The van der Waals surface area contributed by atoms with Gasteiger partial charge in [-0.1, -0.05) is 31.0 Å². The van der Waals surface area contributed by atoms with E-state index in [1.165, 1.54) is 0 Å². The molecule has 96 valence electrons. The van der Waals surface area contributed by atoms with E-state index < -0.39 is 10.0 Å². The van der Waals surface area contributed by atoms with Crippen LogP contribution in [0.3, 0.4) is 0 Å². The third-order valence-corrected chi connectivity index (χ3v) is 4.15. The molecule has 0 fully saturated rings. The van der Waals surface area contributed by atoms with Gasteiger partial charge in [0.15, 0.2) is 0 Å². The van der Waals surface area contributed by atoms with Crippen molar-refractivity contribution in [2.45, 2.75) is 30.6 Å². The van der Waals surface area contributed by atoms with E-state index >= 15 is 0 Å². The van der Waals surface area contributed by atoms with Crippen LogP contribution in [0.4, 0.5) is 0 Å². The van der Waals surface area contributed by atoms with Gasteiger partial charge in [0.25, 0.3) is 0 Å². The van der Waals surface area contributed by atoms with Crippen LogP contribution in [-0.4, -0.2) is 20.8 Å². The Balaban J connectivity index is 2.31. The second-order valence-electron chi connectivity index (χ2n) is 3.81. The number of unbranched alkanes of at least 4 members (excludes halogenated alkanes) is 3. The SMILES string of the molecule is O=S(=O)(NCCCCCCCl)c1ccccc1. The fraction of sp³-hybridized carbons (Fsp3) is 0.500. The number of benzene rings is 1. The Kier molecular flexibility index (Phi) is 6.55. The first-order valence-corrected chi connectivity index (χ1v) is 7.79. The van der Waals surface area contributed by atoms with Gasteiger partial charge in [0, 0.05) is 12.4 Å². The Morgan fingerprint density at radius 3 is 2.29 bits per heavy atom. The molecule has 0 aliphatic carbocycles. The number of nitrogens with one attached hydrogen (secondary N) is 1. The predicted octanol–water partition coefficient (Wildman–Crippen LogP) is 2.76. The fourth-order valence-corrected chi connectivity index (χ4v) is 2.75. The average Bonchev–Trinajstić information content (AvgIpc) is 2.35. The summed E-state index contributed by atoms with van der Waals surface area (Å²) in [5.74, 6) is 0.676. The van der Waals surface area contributed by atoms with Crippen molar-refractivity contribution in [3.63, 3.8) is 0 Å². The maximum atomic E-state index is 11.8. The van der Waals surface area contributed by atoms with Crippen molar-refractivity contribution >= 4 is 21.6 Å². The van der Waals surface area contributed by atoms with E-state index in [1.54, 1.807) is 30.3 Å². The first-order chi connectivity index (χ1) is 8.17. The summed E-state index contributed by atoms with van der Waals surface area (Å²) in [4.78, 5) is 0.320. The van der Waals surface area contributed by atoms with Gasteiger partial charge < -0.3 is 0 Å². The fourth-order valence-electron chi connectivity index (χ4n) is 1.46. The molecule has 0 heterocycles. The van der Waals surface area contributed by atoms with E-state index in [1.807, 2.05) is 0 Å². The highest BCUT2D eigenvalue weighted by Crippen LogP contribution is 2.07. The molecule has 17 heavy (non-hydrogen) atoms. The Morgan fingerprint density at radius 1 is 1.00 bits per heavy atom. The summed E-state index contributed by atoms with van der Waals surface area (Å²) >= 11 is 5.56. The Hall–Kier alpha value is -0.580. The number of hydrogen-bond acceptors (Lipinski definition) is 2. The van der Waals surface area contributed by atoms with E-state index in [0.717, 1.165) is 25.7 Å². The number of sulfonamides is 1. The lowest BCUT2D eigenvalue weighted by Crippen LogP contribution is -2.24. The Bertz CT molecular complexity index is 406. The largest absolute Gasteiger partial charge is 0.240 e. The van der Waals surface area contributed by atoms with E-state index in [0.29, 0.717) is 17.3 Å². The van der Waals surface area contributed by atoms with E-state index in [4.69, 9.17) is 11.6 Å². The molecule has 1 rings (SSSR count). The number of halogens is 1. The van der Waals surface area contributed by atoms with Gasteiger partial charge >= 0.3 is 0 Å². The first-order valence-electron chi connectivity index (χ1n) is 5.77. The van der Waals surface area contributed by atoms with Crippen LogP contribution >= 0.6 is 11.6 Å². The van der Waals surface area contributed by atoms with Gasteiger partial charge in [-0.2, -0.15) is 0 Å². The van der Waals surface area contributed by atoms with Crippen LogP contribution in [0.2, 0.25) is 0 Å². The molecule has 0 unspecified atom stereocenters. The third kappa shape index (κ3) is 5.52. The minimum Gasteiger partial charge on any atom is -0.211 e. The molecule has 1 N–H and O–H groups in total. The summed E-state index contributed by atoms with van der Waals surface area (Å²) in [5.41, 5.74) is 0. The van der Waals surface area contributed by atoms with Crippen LogP contribution in [0, 0.1) is 0 Å². The molecule has 5 heteroatoms. The molecule has 0 spiro atoms. The van der Waals surface area contributed by atoms with Gasteiger partial charge in [0.05, 0.1) is 4.90 Å². The number of alkyl halides is 1. The van der Waals surface area contributed by atoms with Crippen LogP contribution < -0.4 is 4.72 Å². The van der Waals surface area contributed by atoms with E-state index in [2.05, 4.69) is 4.72 Å². The first kappa shape index (κ1) is 14.5. The summed E-state index contributed by atoms with van der Waals surface area (Å²) in [5, 5.41) is 0. The highest BCUT2D eigenvalue weighted by molar-refractivity contribution is 7.89. The summed E-state index contributed by atoms with van der Waals surface area (Å²) in [6, 6.07) is 8.42. The van der Waals surface area contributed by atoms with Crippen molar-refractivity contribution < 1.29 is 8.42 Å². The van der Waals surface area contributed by atoms with Crippen molar-refractivity contribution in [2.75, 3.05) is 12.4 Å². The normalized spacial score (nSPS) is 11.6. The Morgan fingerprint density at radius 2 is 1.65 bits per heavy atom. The maximum Gasteiger partial charge on any atom is 0.240 e. The zero-order chi connectivity index (χ0) is 12.6. The predicted molar refractivity (Wildman–Crippen MR) is 70.8 cm³/mol. The highest BCUT2D eigenvalue weighted by Gasteiger charge is 2.11. The van der Waals surface area contributed by atoms with Crippen molar-refractivity contribution in [3.8, 4) is 0 Å². The third-order valence-electron chi connectivity index (χ3n) is 2.41. The van der Waals surface area contributed by atoms with Crippen LogP contribution in [0.1, 0.15) is 25.7 Å². The summed E-state index contributed by atoms with van der Waals surface area (Å²) < 4.78 is 26.2. The summed E-state index contributed by atoms with van der Waals surface area (Å²) in [6.07, 6.45) is 3.90. The average molecular weight is 276 g/mol. The zero-order valence-corrected chi connectivity index (χ0v) is 11.3. The van der Waals surface area contributed by atoms with Gasteiger partial charge in [0.2, 0.25) is 10.0 Å². The van der Waals surface area contributed by atoms with Crippen molar-refractivity contribution in [1.82, 2.24) is 4.72 Å². The van der Waals surface area contributed by atoms with Crippen LogP contribution in [0.25, 0.3) is 0 Å². The molecular formula is C12H18ClNO2S. The maximum absolute atomic E-state index is 11.8. The van der Waals surface area contributed by atoms with Gasteiger partial charge in [-0.15, -0.1) is 11.6 Å². The lowest BCUT2D eigenvalue weighted by Gasteiger charge is -2.06. The monoisotopic (exact) mass is 275 g/mol. The molecule has 0 radical (unpaired) electrons. The molecule has 0 aromatic heterocycles. The lowest BCUT2D eigenvalue weighted by molar-refractivity contribution is 0.574. The molecule has 1 aromatic carbocycles. The van der Waals surface area contributed by atoms with Crippen molar-refractivity contribution in [1.29, 1.82) is 0 Å². The molecule has 0 bridgehead atoms. The molecule has 0 saturated carbocycles. The van der Waals surface area contributed by atoms with Gasteiger partial charge in [-0.25, -0.2) is 13.1 Å². The molecule has 0 saturated heterocycles. The highest BCUT2D eigenvalue weighted by atomic mass is 35.5. The molecule has 0 aliphatic rings. The summed E-state index contributed by atoms with van der Waals surface area (Å²) in [6.45, 7) is 0.486. The molecule has 0 aliphatic heterocycles.